The molecule has 15 heavy (non-hydrogen) atoms. The molecule has 1 atom stereocenters. The number of benzene rings is 1. The Morgan fingerprint density at radius 1 is 1.27 bits per heavy atom. The van der Waals surface area contributed by atoms with Gasteiger partial charge in [0.2, 0.25) is 0 Å². The summed E-state index contributed by atoms with van der Waals surface area (Å²) in [6, 6.07) is 6.68. The first-order chi connectivity index (χ1) is 7.06. The Labute approximate surface area is 89.4 Å². The van der Waals surface area contributed by atoms with Gasteiger partial charge in [-0.1, -0.05) is 26.0 Å². The molecular formula is C12H16O3. The molecule has 82 valence electrons. The van der Waals surface area contributed by atoms with Crippen LogP contribution in [0.4, 0.5) is 0 Å². The fourth-order valence-electron chi connectivity index (χ4n) is 1.57. The van der Waals surface area contributed by atoms with Gasteiger partial charge in [-0.2, -0.15) is 0 Å². The summed E-state index contributed by atoms with van der Waals surface area (Å²) in [5.74, 6) is -0.509. The third kappa shape index (κ3) is 2.80. The van der Waals surface area contributed by atoms with Gasteiger partial charge in [0.1, 0.15) is 0 Å². The molecule has 1 unspecified atom stereocenters. The molecule has 0 spiro atoms. The van der Waals surface area contributed by atoms with E-state index in [2.05, 4.69) is 0 Å². The minimum absolute atomic E-state index is 0.0767. The van der Waals surface area contributed by atoms with Crippen molar-refractivity contribution in [3.8, 4) is 0 Å². The number of aliphatic hydroxyl groups excluding tert-OH is 1. The van der Waals surface area contributed by atoms with E-state index in [0.29, 0.717) is 5.92 Å². The van der Waals surface area contributed by atoms with Gasteiger partial charge in [-0.15, -0.1) is 0 Å². The Balaban J connectivity index is 2.92. The summed E-state index contributed by atoms with van der Waals surface area (Å²) < 4.78 is 0. The molecule has 0 bridgehead atoms. The van der Waals surface area contributed by atoms with Gasteiger partial charge in [-0.3, -0.25) is 0 Å². The highest BCUT2D eigenvalue weighted by atomic mass is 16.4. The molecule has 3 nitrogen and oxygen atoms in total. The fourth-order valence-corrected chi connectivity index (χ4v) is 1.57. The lowest BCUT2D eigenvalue weighted by Crippen LogP contribution is -2.11. The van der Waals surface area contributed by atoms with Crippen LogP contribution in [0.3, 0.4) is 0 Å². The minimum atomic E-state index is -0.924. The molecule has 0 saturated heterocycles. The SMILES string of the molecule is CC(C)C(CO)c1ccc(C(=O)O)cc1. The quantitative estimate of drug-likeness (QED) is 0.796. The van der Waals surface area contributed by atoms with E-state index in [4.69, 9.17) is 5.11 Å². The topological polar surface area (TPSA) is 57.5 Å². The lowest BCUT2D eigenvalue weighted by molar-refractivity contribution is 0.0697. The smallest absolute Gasteiger partial charge is 0.335 e. The van der Waals surface area contributed by atoms with Gasteiger partial charge < -0.3 is 10.2 Å². The third-order valence-corrected chi connectivity index (χ3v) is 2.59. The summed E-state index contributed by atoms with van der Waals surface area (Å²) >= 11 is 0. The Hall–Kier alpha value is -1.35. The van der Waals surface area contributed by atoms with Crippen LogP contribution in [0.15, 0.2) is 24.3 Å². The molecule has 0 aromatic heterocycles. The molecule has 0 amide bonds. The van der Waals surface area contributed by atoms with Gasteiger partial charge >= 0.3 is 5.97 Å². The predicted octanol–water partition coefficient (Wildman–Crippen LogP) is 2.12. The van der Waals surface area contributed by atoms with Gasteiger partial charge in [0.05, 0.1) is 12.2 Å². The van der Waals surface area contributed by atoms with E-state index in [1.165, 1.54) is 0 Å². The second kappa shape index (κ2) is 4.94. The number of hydrogen-bond donors (Lipinski definition) is 2. The lowest BCUT2D eigenvalue weighted by atomic mass is 9.89. The Morgan fingerprint density at radius 3 is 2.13 bits per heavy atom. The number of aromatic carboxylic acids is 1. The average Bonchev–Trinajstić information content (AvgIpc) is 2.19. The first-order valence-corrected chi connectivity index (χ1v) is 5.00. The van der Waals surface area contributed by atoms with Crippen LogP contribution in [-0.2, 0) is 0 Å². The molecule has 3 heteroatoms. The molecule has 2 N–H and O–H groups in total. The summed E-state index contributed by atoms with van der Waals surface area (Å²) in [5.41, 5.74) is 1.26. The summed E-state index contributed by atoms with van der Waals surface area (Å²) in [4.78, 5) is 10.6. The normalized spacial score (nSPS) is 12.8. The second-order valence-electron chi connectivity index (χ2n) is 3.96. The molecule has 0 aliphatic rings. The van der Waals surface area contributed by atoms with Crippen molar-refractivity contribution < 1.29 is 15.0 Å². The van der Waals surface area contributed by atoms with Crippen LogP contribution in [0, 0.1) is 5.92 Å². The second-order valence-corrected chi connectivity index (χ2v) is 3.96. The number of carboxylic acids is 1. The van der Waals surface area contributed by atoms with Crippen molar-refractivity contribution in [3.05, 3.63) is 35.4 Å². The van der Waals surface area contributed by atoms with Crippen molar-refractivity contribution in [2.24, 2.45) is 5.92 Å². The van der Waals surface area contributed by atoms with Gasteiger partial charge in [0.25, 0.3) is 0 Å². The Kier molecular flexibility index (Phi) is 3.86. The van der Waals surface area contributed by atoms with Crippen molar-refractivity contribution in [1.29, 1.82) is 0 Å². The van der Waals surface area contributed by atoms with Crippen LogP contribution in [0.25, 0.3) is 0 Å². The first-order valence-electron chi connectivity index (χ1n) is 5.00. The molecule has 0 aliphatic carbocycles. The van der Waals surface area contributed by atoms with Crippen LogP contribution >= 0.6 is 0 Å². The molecule has 1 aromatic rings. The van der Waals surface area contributed by atoms with Crippen molar-refractivity contribution in [3.63, 3.8) is 0 Å². The summed E-state index contributed by atoms with van der Waals surface area (Å²) in [6.07, 6.45) is 0. The highest BCUT2D eigenvalue weighted by molar-refractivity contribution is 5.87. The van der Waals surface area contributed by atoms with E-state index in [-0.39, 0.29) is 18.1 Å². The predicted molar refractivity (Wildman–Crippen MR) is 58.1 cm³/mol. The maximum absolute atomic E-state index is 10.6. The molecular weight excluding hydrogens is 192 g/mol. The van der Waals surface area contributed by atoms with Crippen LogP contribution in [0.5, 0.6) is 0 Å². The number of hydrogen-bond acceptors (Lipinski definition) is 2. The number of carbonyl (C=O) groups is 1. The van der Waals surface area contributed by atoms with Crippen LogP contribution in [0.1, 0.15) is 35.7 Å². The number of carboxylic acid groups (broad SMARTS) is 1. The zero-order valence-corrected chi connectivity index (χ0v) is 8.97. The molecule has 0 radical (unpaired) electrons. The molecule has 1 rings (SSSR count). The van der Waals surface area contributed by atoms with Gasteiger partial charge in [-0.25, -0.2) is 4.79 Å². The van der Waals surface area contributed by atoms with E-state index < -0.39 is 5.97 Å². The molecule has 0 saturated carbocycles. The van der Waals surface area contributed by atoms with Crippen LogP contribution in [0.2, 0.25) is 0 Å². The van der Waals surface area contributed by atoms with Gasteiger partial charge in [0, 0.05) is 5.92 Å². The van der Waals surface area contributed by atoms with Crippen LogP contribution < -0.4 is 0 Å². The first kappa shape index (κ1) is 11.7. The largest absolute Gasteiger partial charge is 0.478 e. The van der Waals surface area contributed by atoms with Gasteiger partial charge in [-0.05, 0) is 23.6 Å². The van der Waals surface area contributed by atoms with E-state index in [1.54, 1.807) is 24.3 Å². The van der Waals surface area contributed by atoms with Crippen molar-refractivity contribution in [2.75, 3.05) is 6.61 Å². The molecule has 0 heterocycles. The van der Waals surface area contributed by atoms with Crippen molar-refractivity contribution >= 4 is 5.97 Å². The Morgan fingerprint density at radius 2 is 1.80 bits per heavy atom. The third-order valence-electron chi connectivity index (χ3n) is 2.59. The highest BCUT2D eigenvalue weighted by Crippen LogP contribution is 2.23. The lowest BCUT2D eigenvalue weighted by Gasteiger charge is -2.18. The maximum atomic E-state index is 10.6. The number of rotatable bonds is 4. The molecule has 1 aromatic carbocycles. The maximum Gasteiger partial charge on any atom is 0.335 e. The van der Waals surface area contributed by atoms with Gasteiger partial charge in [0.15, 0.2) is 0 Å². The summed E-state index contributed by atoms with van der Waals surface area (Å²) in [6.45, 7) is 4.15. The zero-order chi connectivity index (χ0) is 11.4. The van der Waals surface area contributed by atoms with Crippen molar-refractivity contribution in [1.82, 2.24) is 0 Å². The highest BCUT2D eigenvalue weighted by Gasteiger charge is 2.14. The van der Waals surface area contributed by atoms with Crippen molar-refractivity contribution in [2.45, 2.75) is 19.8 Å². The monoisotopic (exact) mass is 208 g/mol. The fraction of sp³-hybridized carbons (Fsp3) is 0.417. The van der Waals surface area contributed by atoms with E-state index >= 15 is 0 Å². The summed E-state index contributed by atoms with van der Waals surface area (Å²) in [7, 11) is 0. The van der Waals surface area contributed by atoms with E-state index in [9.17, 15) is 9.90 Å². The zero-order valence-electron chi connectivity index (χ0n) is 8.97. The number of aliphatic hydroxyl groups is 1. The standard InChI is InChI=1S/C12H16O3/c1-8(2)11(7-13)9-3-5-10(6-4-9)12(14)15/h3-6,8,11,13H,7H2,1-2H3,(H,14,15). The molecule has 0 fully saturated rings. The van der Waals surface area contributed by atoms with E-state index in [0.717, 1.165) is 5.56 Å². The molecule has 0 aliphatic heterocycles. The average molecular weight is 208 g/mol. The van der Waals surface area contributed by atoms with Crippen LogP contribution in [-0.4, -0.2) is 22.8 Å². The summed E-state index contributed by atoms with van der Waals surface area (Å²) in [5, 5.41) is 17.9. The minimum Gasteiger partial charge on any atom is -0.478 e. The Bertz CT molecular complexity index is 327. The van der Waals surface area contributed by atoms with E-state index in [1.807, 2.05) is 13.8 Å².